The third kappa shape index (κ3) is 33.4. The number of aliphatic hydroxyl groups is 2. The third-order valence-electron chi connectivity index (χ3n) is 18.9. The van der Waals surface area contributed by atoms with Crippen LogP contribution in [0.2, 0.25) is 0 Å². The van der Waals surface area contributed by atoms with Gasteiger partial charge in [0.25, 0.3) is 0 Å². The lowest BCUT2D eigenvalue weighted by molar-refractivity contribution is -0.156. The number of aromatic hydroxyl groups is 1. The van der Waals surface area contributed by atoms with Crippen molar-refractivity contribution < 1.29 is 137 Å². The Hall–Kier alpha value is -11.4. The van der Waals surface area contributed by atoms with Crippen molar-refractivity contribution in [1.82, 2.24) is 78.9 Å². The van der Waals surface area contributed by atoms with E-state index in [9.17, 15) is 137 Å². The number of thiol groups is 3. The maximum Gasteiger partial charge on any atom is 0.326 e. The predicted octanol–water partition coefficient (Wildman–Crippen LogP) is -11.0. The van der Waals surface area contributed by atoms with E-state index in [4.69, 9.17) is 28.3 Å². The van der Waals surface area contributed by atoms with Gasteiger partial charge in [0, 0.05) is 56.2 Å². The molecule has 0 aromatic heterocycles. The summed E-state index contributed by atoms with van der Waals surface area (Å²) in [6, 6.07) is -20.7. The van der Waals surface area contributed by atoms with Crippen LogP contribution in [0.1, 0.15) is 103 Å². The Morgan fingerprint density at radius 3 is 1.46 bits per heavy atom. The van der Waals surface area contributed by atoms with Gasteiger partial charge in [0.2, 0.25) is 88.6 Å². The number of carboxylic acids is 5. The van der Waals surface area contributed by atoms with E-state index in [1.165, 1.54) is 19.1 Å². The standard InChI is InChI=1S/C69H106N20O28S3/c1-3-30(2)52(63(109)78-36(68(116)117)8-4-5-15-70)87-56(102)38(20-34(66(112)113)67(114)115)81-61(107)46-10-7-17-88(46)64(110)40(22-50(95)96)82-54(100)37(18-31-11-13-32(91)14-12-31)79-55(101)39(21-48(72)93)80-59(105)44(28-119)85-53(99)35(9-6-16-75-69(73)74)77-62(108)47-19-33(92)25-89(47)65(111)41(23-51(97)98)83-57(103)42(26-90)84-60(106)45(29-120)86-58(104)43(27-118)76-49(94)24-71/h11-14,30,33-47,52,90-92,118-120H,3-10,15-29,70-71H2,1-2H3,(H2,72,93)(H,76,94)(H,77,108)(H,78,109)(H,79,101)(H,80,105)(H,81,107)(H,82,100)(H,83,103)(H,84,106)(H,85,99)(H,86,104)(H,87,102)(H,95,96)(H,97,98)(H,112,113)(H,114,115)(H,116,117)(H4,73,74,75)/t30-,33+,35-,36-,37-,38-,39-,40-,41-,42-,43-,44-,45-,46-,47-,52-/m0/s1. The van der Waals surface area contributed by atoms with Crippen LogP contribution in [-0.4, -0.2) is 322 Å². The van der Waals surface area contributed by atoms with Gasteiger partial charge in [-0.25, -0.2) is 4.79 Å². The van der Waals surface area contributed by atoms with E-state index in [-0.39, 0.29) is 75.2 Å². The van der Waals surface area contributed by atoms with Crippen molar-refractivity contribution in [2.75, 3.05) is 56.6 Å². The molecule has 0 spiro atoms. The fourth-order valence-electron chi connectivity index (χ4n) is 12.3. The predicted molar refractivity (Wildman–Crippen MR) is 424 cm³/mol. The van der Waals surface area contributed by atoms with E-state index in [2.05, 4.69) is 107 Å². The molecule has 30 N–H and O–H groups in total. The Morgan fingerprint density at radius 1 is 0.517 bits per heavy atom. The van der Waals surface area contributed by atoms with Crippen molar-refractivity contribution in [2.24, 2.45) is 34.8 Å². The summed E-state index contributed by atoms with van der Waals surface area (Å²) in [5, 5.41) is 118. The fourth-order valence-corrected chi connectivity index (χ4v) is 13.0. The van der Waals surface area contributed by atoms with Crippen LogP contribution in [0.15, 0.2) is 24.3 Å². The lowest BCUT2D eigenvalue weighted by Gasteiger charge is -2.31. The van der Waals surface area contributed by atoms with Crippen molar-refractivity contribution in [3.05, 3.63) is 29.8 Å². The summed E-state index contributed by atoms with van der Waals surface area (Å²) in [7, 11) is 0. The maximum absolute atomic E-state index is 14.7. The monoisotopic (exact) mass is 1760 g/mol. The van der Waals surface area contributed by atoms with Gasteiger partial charge in [-0.15, -0.1) is 0 Å². The van der Waals surface area contributed by atoms with Crippen LogP contribution in [0, 0.1) is 17.2 Å². The van der Waals surface area contributed by atoms with Crippen LogP contribution in [0.4, 0.5) is 0 Å². The molecule has 1 aromatic carbocycles. The van der Waals surface area contributed by atoms with Crippen LogP contribution in [0.3, 0.4) is 0 Å². The van der Waals surface area contributed by atoms with Gasteiger partial charge >= 0.3 is 29.8 Å². The number of aliphatic carboxylic acids is 5. The first-order valence-electron chi connectivity index (χ1n) is 37.5. The number of β-amino-alcohol motifs (C(OH)–C–C–N with tert-alkyl or cyclic N) is 1. The molecular formula is C69H106N20O28S3. The van der Waals surface area contributed by atoms with Gasteiger partial charge in [-0.05, 0) is 75.1 Å². The average Bonchev–Trinajstić information content (AvgIpc) is 1.65. The number of benzene rings is 1. The number of aliphatic hydroxyl groups excluding tert-OH is 2. The van der Waals surface area contributed by atoms with Gasteiger partial charge in [0.1, 0.15) is 90.3 Å². The van der Waals surface area contributed by atoms with Crippen LogP contribution in [0.5, 0.6) is 5.75 Å². The van der Waals surface area contributed by atoms with Crippen molar-refractivity contribution in [1.29, 1.82) is 5.41 Å². The molecule has 15 amide bonds. The van der Waals surface area contributed by atoms with Gasteiger partial charge in [-0.3, -0.25) is 96.5 Å². The first-order chi connectivity index (χ1) is 56.5. The minimum Gasteiger partial charge on any atom is -0.508 e. The highest BCUT2D eigenvalue weighted by Gasteiger charge is 2.46. The summed E-state index contributed by atoms with van der Waals surface area (Å²) in [4.78, 5) is 271. The van der Waals surface area contributed by atoms with Crippen LogP contribution >= 0.6 is 37.9 Å². The number of rotatable bonds is 53. The number of guanidine groups is 1. The lowest BCUT2D eigenvalue weighted by atomic mass is 9.95. The Kier molecular flexibility index (Phi) is 43.8. The molecule has 2 aliphatic heterocycles. The lowest BCUT2D eigenvalue weighted by Crippen LogP contribution is -2.62. The Labute approximate surface area is 701 Å². The Morgan fingerprint density at radius 2 is 0.967 bits per heavy atom. The fraction of sp³-hybridized carbons (Fsp3) is 0.609. The molecule has 668 valence electrons. The van der Waals surface area contributed by atoms with Crippen molar-refractivity contribution in [3.8, 4) is 5.75 Å². The highest BCUT2D eigenvalue weighted by molar-refractivity contribution is 7.80. The number of carboxylic acid groups (broad SMARTS) is 5. The summed E-state index contributed by atoms with van der Waals surface area (Å²) >= 11 is 12.2. The molecule has 16 atom stereocenters. The smallest absolute Gasteiger partial charge is 0.326 e. The number of unbranched alkanes of at least 4 members (excludes halogenated alkanes) is 1. The summed E-state index contributed by atoms with van der Waals surface area (Å²) < 4.78 is 0. The van der Waals surface area contributed by atoms with Gasteiger partial charge in [0.05, 0.1) is 38.5 Å². The quantitative estimate of drug-likeness (QED) is 0.00947. The van der Waals surface area contributed by atoms with Gasteiger partial charge in [-0.1, -0.05) is 32.4 Å². The molecule has 120 heavy (non-hydrogen) atoms. The number of nitrogens with two attached hydrogens (primary N) is 4. The number of phenols is 1. The second kappa shape index (κ2) is 51.1. The molecule has 0 aliphatic carbocycles. The summed E-state index contributed by atoms with van der Waals surface area (Å²) in [5.74, 6) is -32.5. The first-order valence-corrected chi connectivity index (χ1v) is 39.4. The zero-order chi connectivity index (χ0) is 90.5. The van der Waals surface area contributed by atoms with E-state index < -0.39 is 303 Å². The summed E-state index contributed by atoms with van der Waals surface area (Å²) in [6.07, 6.45) is -7.59. The van der Waals surface area contributed by atoms with Crippen LogP contribution in [0.25, 0.3) is 0 Å². The van der Waals surface area contributed by atoms with Crippen LogP contribution in [-0.2, 0) is 102 Å². The molecule has 0 unspecified atom stereocenters. The number of hydrogen-bond acceptors (Lipinski definition) is 29. The molecule has 2 fully saturated rings. The second-order valence-corrected chi connectivity index (χ2v) is 29.0. The molecule has 3 rings (SSSR count). The minimum absolute atomic E-state index is 0.0385. The SMILES string of the molecule is CC[C@H](C)[C@H](NC(=O)[C@H](CC(C(=O)O)C(=O)O)NC(=O)[C@@H]1CCCN1C(=O)[C@H](CC(=O)O)NC(=O)[C@H](Cc1ccc(O)cc1)NC(=O)[C@H](CC(N)=O)NC(=O)[C@H](CS)NC(=O)[C@H](CCCNC(=N)N)NC(=O)[C@@H]1C[C@@H](O)CN1C(=O)[C@H](CC(=O)O)NC(=O)[C@H](CO)NC(=O)[C@H](CS)NC(=O)[C@H](CS)NC(=O)CN)C(=O)N[C@@H](CCCCN)C(=O)O. The highest BCUT2D eigenvalue weighted by Crippen LogP contribution is 2.24. The summed E-state index contributed by atoms with van der Waals surface area (Å²) in [6.45, 7) is 0.341. The molecule has 0 saturated carbocycles. The van der Waals surface area contributed by atoms with E-state index in [1.54, 1.807) is 6.92 Å². The van der Waals surface area contributed by atoms with Crippen molar-refractivity contribution in [2.45, 2.75) is 194 Å². The normalized spacial score (nSPS) is 17.5. The van der Waals surface area contributed by atoms with Crippen LogP contribution < -0.4 is 92.1 Å². The molecule has 0 bridgehead atoms. The molecule has 51 heteroatoms. The second-order valence-electron chi connectivity index (χ2n) is 27.9. The zero-order valence-electron chi connectivity index (χ0n) is 65.2. The molecule has 2 saturated heterocycles. The number of hydrogen-bond donors (Lipinski definition) is 29. The number of primary amides is 1. The number of nitrogens with one attached hydrogen (secondary N) is 14. The third-order valence-corrected chi connectivity index (χ3v) is 20.0. The topological polar surface area (TPSA) is 794 Å². The van der Waals surface area contributed by atoms with E-state index in [1.807, 2.05) is 0 Å². The number of nitrogens with zero attached hydrogens (tertiary/aromatic N) is 2. The van der Waals surface area contributed by atoms with E-state index in [0.29, 0.717) is 11.3 Å². The minimum atomic E-state index is -2.40. The molecule has 2 heterocycles. The maximum atomic E-state index is 14.7. The molecule has 2 aliphatic rings. The highest BCUT2D eigenvalue weighted by atomic mass is 32.1. The van der Waals surface area contributed by atoms with Gasteiger partial charge < -0.3 is 143 Å². The number of carbonyl (C=O) groups excluding carboxylic acids is 15. The van der Waals surface area contributed by atoms with Gasteiger partial charge in [0.15, 0.2) is 11.9 Å². The zero-order valence-corrected chi connectivity index (χ0v) is 67.9. The molecular weight excluding hydrogens is 1650 g/mol. The Balaban J connectivity index is 1.98. The Bertz CT molecular complexity index is 3860. The largest absolute Gasteiger partial charge is 0.508 e. The van der Waals surface area contributed by atoms with Crippen molar-refractivity contribution in [3.63, 3.8) is 0 Å². The molecule has 1 aromatic rings. The number of phenolic OH excluding ortho intramolecular Hbond substituents is 1. The molecule has 48 nitrogen and oxygen atoms in total. The average molecular weight is 1760 g/mol. The first kappa shape index (κ1) is 103. The molecule has 0 radical (unpaired) electrons. The van der Waals surface area contributed by atoms with Crippen molar-refractivity contribution >= 4 is 162 Å². The van der Waals surface area contributed by atoms with Gasteiger partial charge in [-0.2, -0.15) is 37.9 Å². The van der Waals surface area contributed by atoms with E-state index >= 15 is 0 Å². The number of likely N-dealkylation sites (tertiary alicyclic amines) is 2. The summed E-state index contributed by atoms with van der Waals surface area (Å²) in [5.41, 5.74) is 21.9. The van der Waals surface area contributed by atoms with E-state index in [0.717, 1.165) is 17.0 Å². The number of amides is 15. The number of carbonyl (C=O) groups is 20.